The Morgan fingerprint density at radius 2 is 1.80 bits per heavy atom. The van der Waals surface area contributed by atoms with Gasteiger partial charge in [-0.25, -0.2) is 0 Å². The Bertz CT molecular complexity index is 1180. The van der Waals surface area contributed by atoms with Gasteiger partial charge in [0.05, 0.1) is 12.1 Å². The van der Waals surface area contributed by atoms with Crippen LogP contribution in [0.4, 0.5) is 0 Å². The van der Waals surface area contributed by atoms with Gasteiger partial charge in [-0.15, -0.1) is 0 Å². The number of aliphatic carboxylic acids is 1. The third-order valence-corrected chi connectivity index (χ3v) is 5.30. The molecule has 4 nitrogen and oxygen atoms in total. The van der Waals surface area contributed by atoms with Gasteiger partial charge in [-0.2, -0.15) is 0 Å². The maximum absolute atomic E-state index is 11.6. The van der Waals surface area contributed by atoms with E-state index in [1.807, 2.05) is 60.7 Å². The summed E-state index contributed by atoms with van der Waals surface area (Å²) in [6, 6.07) is 24.0. The summed E-state index contributed by atoms with van der Waals surface area (Å²) in [4.78, 5) is 15.0. The van der Waals surface area contributed by atoms with Crippen molar-refractivity contribution in [1.29, 1.82) is 0 Å². The molecule has 0 bridgehead atoms. The zero-order valence-corrected chi connectivity index (χ0v) is 17.2. The van der Waals surface area contributed by atoms with E-state index in [1.54, 1.807) is 0 Å². The lowest BCUT2D eigenvalue weighted by molar-refractivity contribution is -0.136. The average molecular weight is 399 g/mol. The van der Waals surface area contributed by atoms with Crippen molar-refractivity contribution in [3.63, 3.8) is 0 Å². The number of H-pyrrole nitrogens is 1. The van der Waals surface area contributed by atoms with E-state index in [9.17, 15) is 9.90 Å². The van der Waals surface area contributed by atoms with Crippen molar-refractivity contribution < 1.29 is 14.6 Å². The summed E-state index contributed by atoms with van der Waals surface area (Å²) >= 11 is 0. The van der Waals surface area contributed by atoms with Crippen LogP contribution in [0.2, 0.25) is 0 Å². The van der Waals surface area contributed by atoms with E-state index in [0.717, 1.165) is 39.0 Å². The lowest BCUT2D eigenvalue weighted by atomic mass is 9.98. The molecule has 1 heterocycles. The molecule has 0 aliphatic rings. The van der Waals surface area contributed by atoms with Crippen molar-refractivity contribution in [2.24, 2.45) is 0 Å². The number of hydrogen-bond acceptors (Lipinski definition) is 2. The normalized spacial score (nSPS) is 11.2. The van der Waals surface area contributed by atoms with Gasteiger partial charge in [0.25, 0.3) is 0 Å². The Morgan fingerprint density at radius 3 is 2.53 bits per heavy atom. The second-order valence-electron chi connectivity index (χ2n) is 7.81. The molecule has 0 aliphatic carbocycles. The fourth-order valence-corrected chi connectivity index (χ4v) is 3.69. The van der Waals surface area contributed by atoms with E-state index in [-0.39, 0.29) is 6.42 Å². The van der Waals surface area contributed by atoms with Gasteiger partial charge in [-0.3, -0.25) is 4.79 Å². The van der Waals surface area contributed by atoms with Crippen LogP contribution in [0.1, 0.15) is 36.5 Å². The number of carbonyl (C=O) groups is 1. The molecule has 0 fully saturated rings. The molecule has 30 heavy (non-hydrogen) atoms. The molecule has 2 N–H and O–H groups in total. The highest BCUT2D eigenvalue weighted by atomic mass is 16.5. The zero-order valence-electron chi connectivity index (χ0n) is 17.2. The highest BCUT2D eigenvalue weighted by Gasteiger charge is 2.17. The van der Waals surface area contributed by atoms with Gasteiger partial charge in [-0.05, 0) is 46.9 Å². The predicted octanol–water partition coefficient (Wildman–Crippen LogP) is 6.16. The lowest BCUT2D eigenvalue weighted by Gasteiger charge is -2.09. The number of aromatic amines is 1. The van der Waals surface area contributed by atoms with Gasteiger partial charge in [0.2, 0.25) is 0 Å². The Labute approximate surface area is 176 Å². The van der Waals surface area contributed by atoms with Crippen LogP contribution in [0.3, 0.4) is 0 Å². The Hall–Kier alpha value is -3.53. The third kappa shape index (κ3) is 4.23. The molecular formula is C26H25NO3. The molecule has 1 aromatic heterocycles. The molecule has 3 aromatic carbocycles. The van der Waals surface area contributed by atoms with Crippen LogP contribution < -0.4 is 4.74 Å². The van der Waals surface area contributed by atoms with E-state index in [1.165, 1.54) is 5.56 Å². The van der Waals surface area contributed by atoms with Crippen molar-refractivity contribution in [2.45, 2.75) is 32.8 Å². The number of ether oxygens (including phenoxy) is 1. The lowest BCUT2D eigenvalue weighted by Crippen LogP contribution is -2.01. The van der Waals surface area contributed by atoms with Crippen molar-refractivity contribution in [1.82, 2.24) is 4.98 Å². The summed E-state index contributed by atoms with van der Waals surface area (Å²) in [5.74, 6) is 0.280. The first kappa shape index (κ1) is 19.8. The second-order valence-corrected chi connectivity index (χ2v) is 7.81. The number of carboxylic acid groups (broad SMARTS) is 1. The number of fused-ring (bicyclic) bond motifs is 1. The van der Waals surface area contributed by atoms with Crippen LogP contribution in [0.15, 0.2) is 72.8 Å². The van der Waals surface area contributed by atoms with Gasteiger partial charge in [0, 0.05) is 16.5 Å². The van der Waals surface area contributed by atoms with E-state index in [2.05, 4.69) is 31.0 Å². The minimum absolute atomic E-state index is 0.0357. The van der Waals surface area contributed by atoms with Crippen LogP contribution in [-0.2, 0) is 17.8 Å². The largest absolute Gasteiger partial charge is 0.489 e. The Kier molecular flexibility index (Phi) is 5.57. The molecule has 0 atom stereocenters. The molecule has 4 aromatic rings. The molecule has 0 unspecified atom stereocenters. The van der Waals surface area contributed by atoms with Crippen molar-refractivity contribution in [3.05, 3.63) is 89.5 Å². The number of benzene rings is 3. The van der Waals surface area contributed by atoms with Gasteiger partial charge in [0.15, 0.2) is 0 Å². The molecule has 4 rings (SSSR count). The maximum Gasteiger partial charge on any atom is 0.307 e. The fraction of sp³-hybridized carbons (Fsp3) is 0.192. The highest BCUT2D eigenvalue weighted by Crippen LogP contribution is 2.34. The summed E-state index contributed by atoms with van der Waals surface area (Å²) < 4.78 is 5.97. The molecule has 0 aliphatic heterocycles. The van der Waals surface area contributed by atoms with Crippen molar-refractivity contribution in [3.8, 4) is 17.0 Å². The number of hydrogen-bond donors (Lipinski definition) is 2. The molecule has 0 radical (unpaired) electrons. The Balaban J connectivity index is 1.72. The molecule has 0 saturated heterocycles. The summed E-state index contributed by atoms with van der Waals surface area (Å²) in [6.07, 6.45) is -0.0357. The quantitative estimate of drug-likeness (QED) is 0.391. The van der Waals surface area contributed by atoms with Crippen LogP contribution in [0, 0.1) is 0 Å². The first-order chi connectivity index (χ1) is 14.5. The number of carboxylic acids is 1. The van der Waals surface area contributed by atoms with E-state index in [0.29, 0.717) is 12.5 Å². The first-order valence-electron chi connectivity index (χ1n) is 10.1. The second kappa shape index (κ2) is 8.46. The average Bonchev–Trinajstić information content (AvgIpc) is 3.10. The zero-order chi connectivity index (χ0) is 21.1. The smallest absolute Gasteiger partial charge is 0.307 e. The van der Waals surface area contributed by atoms with Gasteiger partial charge < -0.3 is 14.8 Å². The van der Waals surface area contributed by atoms with E-state index >= 15 is 0 Å². The molecule has 152 valence electrons. The monoisotopic (exact) mass is 399 g/mol. The van der Waals surface area contributed by atoms with Crippen LogP contribution in [0.5, 0.6) is 5.75 Å². The summed E-state index contributed by atoms with van der Waals surface area (Å²) in [5, 5.41) is 10.5. The SMILES string of the molecule is CC(C)c1ccc2[nH]c(-c3cccc(OCc4ccccc4)c3)c(CC(=O)O)c2c1. The molecule has 0 saturated carbocycles. The summed E-state index contributed by atoms with van der Waals surface area (Å²) in [5.41, 5.74) is 5.79. The number of aromatic nitrogens is 1. The standard InChI is InChI=1S/C26H25NO3/c1-17(2)19-11-12-24-22(14-19)23(15-25(28)29)26(27-24)20-9-6-10-21(13-20)30-16-18-7-4-3-5-8-18/h3-14,17,27H,15-16H2,1-2H3,(H,28,29). The molecule has 0 amide bonds. The molecule has 4 heteroatoms. The van der Waals surface area contributed by atoms with Crippen molar-refractivity contribution >= 4 is 16.9 Å². The van der Waals surface area contributed by atoms with E-state index < -0.39 is 5.97 Å². The number of nitrogens with one attached hydrogen (secondary N) is 1. The van der Waals surface area contributed by atoms with Gasteiger partial charge >= 0.3 is 5.97 Å². The van der Waals surface area contributed by atoms with Gasteiger partial charge in [-0.1, -0.05) is 62.4 Å². The summed E-state index contributed by atoms with van der Waals surface area (Å²) in [7, 11) is 0. The fourth-order valence-electron chi connectivity index (χ4n) is 3.69. The molecular weight excluding hydrogens is 374 g/mol. The van der Waals surface area contributed by atoms with Crippen LogP contribution in [-0.4, -0.2) is 16.1 Å². The van der Waals surface area contributed by atoms with E-state index in [4.69, 9.17) is 4.74 Å². The van der Waals surface area contributed by atoms with Crippen LogP contribution >= 0.6 is 0 Å². The van der Waals surface area contributed by atoms with Gasteiger partial charge in [0.1, 0.15) is 12.4 Å². The maximum atomic E-state index is 11.6. The third-order valence-electron chi connectivity index (χ3n) is 5.30. The predicted molar refractivity (Wildman–Crippen MR) is 120 cm³/mol. The van der Waals surface area contributed by atoms with Crippen LogP contribution in [0.25, 0.3) is 22.2 Å². The number of rotatable bonds is 7. The Morgan fingerprint density at radius 1 is 1.00 bits per heavy atom. The minimum atomic E-state index is -0.844. The first-order valence-corrected chi connectivity index (χ1v) is 10.1. The molecule has 0 spiro atoms. The highest BCUT2D eigenvalue weighted by molar-refractivity contribution is 5.94. The topological polar surface area (TPSA) is 62.3 Å². The minimum Gasteiger partial charge on any atom is -0.489 e. The van der Waals surface area contributed by atoms with Crippen molar-refractivity contribution in [2.75, 3.05) is 0 Å². The summed E-state index contributed by atoms with van der Waals surface area (Å²) in [6.45, 7) is 4.76.